The minimum Gasteiger partial charge on any atom is -0.467 e. The Morgan fingerprint density at radius 2 is 2.10 bits per heavy atom. The fourth-order valence-electron chi connectivity index (χ4n) is 2.24. The number of rotatable bonds is 7. The van der Waals surface area contributed by atoms with Crippen molar-refractivity contribution in [2.24, 2.45) is 0 Å². The van der Waals surface area contributed by atoms with Crippen LogP contribution in [0, 0.1) is 6.92 Å². The van der Waals surface area contributed by atoms with Crippen molar-refractivity contribution in [3.63, 3.8) is 0 Å². The molecule has 108 valence electrons. The van der Waals surface area contributed by atoms with Gasteiger partial charge >= 0.3 is 0 Å². The summed E-state index contributed by atoms with van der Waals surface area (Å²) in [5, 5.41) is 3.42. The van der Waals surface area contributed by atoms with Gasteiger partial charge in [-0.25, -0.2) is 0 Å². The molecule has 1 N–H and O–H groups in total. The van der Waals surface area contributed by atoms with Crippen molar-refractivity contribution in [2.75, 3.05) is 18.5 Å². The molecule has 0 saturated heterocycles. The molecule has 0 amide bonds. The fourth-order valence-corrected chi connectivity index (χ4v) is 2.24. The first-order valence-corrected chi connectivity index (χ1v) is 7.24. The first-order chi connectivity index (χ1) is 9.70. The van der Waals surface area contributed by atoms with Crippen molar-refractivity contribution >= 4 is 5.69 Å². The van der Waals surface area contributed by atoms with Crippen molar-refractivity contribution in [2.45, 2.75) is 33.4 Å². The van der Waals surface area contributed by atoms with Crippen LogP contribution >= 0.6 is 0 Å². The molecule has 20 heavy (non-hydrogen) atoms. The lowest BCUT2D eigenvalue weighted by Gasteiger charge is -2.19. The second-order valence-electron chi connectivity index (χ2n) is 5.24. The van der Waals surface area contributed by atoms with E-state index in [1.807, 2.05) is 0 Å². The van der Waals surface area contributed by atoms with Crippen LogP contribution in [0.1, 0.15) is 30.2 Å². The summed E-state index contributed by atoms with van der Waals surface area (Å²) in [6.45, 7) is 7.00. The molecule has 0 aliphatic carbocycles. The molecule has 0 saturated carbocycles. The minimum atomic E-state index is 0.791. The van der Waals surface area contributed by atoms with Gasteiger partial charge in [-0.05, 0) is 43.7 Å². The van der Waals surface area contributed by atoms with Gasteiger partial charge in [-0.3, -0.25) is 0 Å². The van der Waals surface area contributed by atoms with E-state index in [0.29, 0.717) is 0 Å². The molecule has 0 fully saturated rings. The van der Waals surface area contributed by atoms with Crippen LogP contribution in [0.5, 0.6) is 0 Å². The van der Waals surface area contributed by atoms with Crippen LogP contribution in [0.25, 0.3) is 0 Å². The minimum absolute atomic E-state index is 0.791. The molecule has 0 spiro atoms. The second kappa shape index (κ2) is 7.15. The number of aryl methyl sites for hydroxylation is 1. The number of benzene rings is 1. The summed E-state index contributed by atoms with van der Waals surface area (Å²) < 4.78 is 5.64. The number of nitrogens with one attached hydrogen (secondary N) is 1. The van der Waals surface area contributed by atoms with E-state index < -0.39 is 0 Å². The Morgan fingerprint density at radius 3 is 2.85 bits per heavy atom. The molecular formula is C17H24N2O. The average molecular weight is 272 g/mol. The SMILES string of the molecule is CCCNCc1ccoc1CN(C)c1cccc(C)c1. The maximum atomic E-state index is 5.64. The zero-order valence-corrected chi connectivity index (χ0v) is 12.6. The van der Waals surface area contributed by atoms with Crippen LogP contribution < -0.4 is 10.2 Å². The number of nitrogens with zero attached hydrogens (tertiary/aromatic N) is 1. The van der Waals surface area contributed by atoms with E-state index in [-0.39, 0.29) is 0 Å². The number of hydrogen-bond acceptors (Lipinski definition) is 3. The van der Waals surface area contributed by atoms with Crippen LogP contribution in [0.2, 0.25) is 0 Å². The normalized spacial score (nSPS) is 10.8. The van der Waals surface area contributed by atoms with E-state index >= 15 is 0 Å². The lowest BCUT2D eigenvalue weighted by atomic mass is 10.2. The quantitative estimate of drug-likeness (QED) is 0.779. The van der Waals surface area contributed by atoms with Gasteiger partial charge < -0.3 is 14.6 Å². The van der Waals surface area contributed by atoms with Crippen molar-refractivity contribution in [3.8, 4) is 0 Å². The standard InChI is InChI=1S/C17H24N2O/c1-4-9-18-12-15-8-10-20-17(15)13-19(3)16-7-5-6-14(2)11-16/h5-8,10-11,18H,4,9,12-13H2,1-3H3. The molecule has 0 radical (unpaired) electrons. The van der Waals surface area contributed by atoms with Crippen LogP contribution in [0.4, 0.5) is 5.69 Å². The van der Waals surface area contributed by atoms with Crippen LogP contribution in [0.15, 0.2) is 41.0 Å². The molecule has 0 aliphatic rings. The molecule has 0 bridgehead atoms. The summed E-state index contributed by atoms with van der Waals surface area (Å²) in [5.74, 6) is 1.04. The van der Waals surface area contributed by atoms with E-state index in [0.717, 1.165) is 31.8 Å². The van der Waals surface area contributed by atoms with E-state index in [1.165, 1.54) is 16.8 Å². The monoisotopic (exact) mass is 272 g/mol. The van der Waals surface area contributed by atoms with Crippen LogP contribution in [0.3, 0.4) is 0 Å². The lowest BCUT2D eigenvalue weighted by molar-refractivity contribution is 0.499. The van der Waals surface area contributed by atoms with Gasteiger partial charge in [0.1, 0.15) is 5.76 Å². The number of hydrogen-bond donors (Lipinski definition) is 1. The molecule has 1 heterocycles. The van der Waals surface area contributed by atoms with Crippen molar-refractivity contribution in [1.82, 2.24) is 5.32 Å². The summed E-state index contributed by atoms with van der Waals surface area (Å²) in [4.78, 5) is 2.22. The van der Waals surface area contributed by atoms with Crippen LogP contribution in [-0.2, 0) is 13.1 Å². The fraction of sp³-hybridized carbons (Fsp3) is 0.412. The van der Waals surface area contributed by atoms with Gasteiger partial charge in [-0.15, -0.1) is 0 Å². The third kappa shape index (κ3) is 3.87. The third-order valence-corrected chi connectivity index (χ3v) is 3.40. The molecule has 2 rings (SSSR count). The molecule has 1 aromatic heterocycles. The number of anilines is 1. The summed E-state index contributed by atoms with van der Waals surface area (Å²) in [5.41, 5.74) is 3.74. The molecule has 2 aromatic rings. The Labute approximate surface area is 121 Å². The van der Waals surface area contributed by atoms with Gasteiger partial charge in [-0.1, -0.05) is 19.1 Å². The maximum absolute atomic E-state index is 5.64. The summed E-state index contributed by atoms with van der Waals surface area (Å²) in [6.07, 6.45) is 2.93. The predicted octanol–water partition coefficient (Wildman–Crippen LogP) is 3.72. The Kier molecular flexibility index (Phi) is 5.24. The van der Waals surface area contributed by atoms with Crippen molar-refractivity contribution in [3.05, 3.63) is 53.5 Å². The summed E-state index contributed by atoms with van der Waals surface area (Å²) >= 11 is 0. The molecule has 1 aromatic carbocycles. The lowest BCUT2D eigenvalue weighted by Crippen LogP contribution is -2.19. The Hall–Kier alpha value is -1.74. The largest absolute Gasteiger partial charge is 0.467 e. The maximum Gasteiger partial charge on any atom is 0.127 e. The van der Waals surface area contributed by atoms with Gasteiger partial charge in [0.25, 0.3) is 0 Å². The van der Waals surface area contributed by atoms with Crippen molar-refractivity contribution < 1.29 is 4.42 Å². The Morgan fingerprint density at radius 1 is 1.25 bits per heavy atom. The molecular weight excluding hydrogens is 248 g/mol. The Bertz CT molecular complexity index is 533. The van der Waals surface area contributed by atoms with Crippen LogP contribution in [-0.4, -0.2) is 13.6 Å². The number of furan rings is 1. The highest BCUT2D eigenvalue weighted by molar-refractivity contribution is 5.48. The highest BCUT2D eigenvalue weighted by Gasteiger charge is 2.09. The first-order valence-electron chi connectivity index (χ1n) is 7.24. The van der Waals surface area contributed by atoms with E-state index in [2.05, 4.69) is 61.4 Å². The summed E-state index contributed by atoms with van der Waals surface area (Å²) in [7, 11) is 2.10. The zero-order valence-electron chi connectivity index (χ0n) is 12.6. The van der Waals surface area contributed by atoms with E-state index in [9.17, 15) is 0 Å². The second-order valence-corrected chi connectivity index (χ2v) is 5.24. The smallest absolute Gasteiger partial charge is 0.127 e. The van der Waals surface area contributed by atoms with Crippen molar-refractivity contribution in [1.29, 1.82) is 0 Å². The molecule has 3 heteroatoms. The average Bonchev–Trinajstić information content (AvgIpc) is 2.86. The molecule has 0 unspecified atom stereocenters. The topological polar surface area (TPSA) is 28.4 Å². The molecule has 0 aliphatic heterocycles. The summed E-state index contributed by atoms with van der Waals surface area (Å²) in [6, 6.07) is 10.6. The van der Waals surface area contributed by atoms with Gasteiger partial charge in [0, 0.05) is 24.8 Å². The molecule has 3 nitrogen and oxygen atoms in total. The van der Waals surface area contributed by atoms with E-state index in [4.69, 9.17) is 4.42 Å². The van der Waals surface area contributed by atoms with E-state index in [1.54, 1.807) is 6.26 Å². The Balaban J connectivity index is 2.01. The van der Waals surface area contributed by atoms with Gasteiger partial charge in [0.05, 0.1) is 12.8 Å². The van der Waals surface area contributed by atoms with Gasteiger partial charge in [-0.2, -0.15) is 0 Å². The predicted molar refractivity (Wildman–Crippen MR) is 84.0 cm³/mol. The van der Waals surface area contributed by atoms with Gasteiger partial charge in [0.2, 0.25) is 0 Å². The highest BCUT2D eigenvalue weighted by Crippen LogP contribution is 2.19. The highest BCUT2D eigenvalue weighted by atomic mass is 16.3. The zero-order chi connectivity index (χ0) is 14.4. The first kappa shape index (κ1) is 14.7. The third-order valence-electron chi connectivity index (χ3n) is 3.40. The van der Waals surface area contributed by atoms with Gasteiger partial charge in [0.15, 0.2) is 0 Å². The molecule has 0 atom stereocenters.